The van der Waals surface area contributed by atoms with E-state index in [1.54, 1.807) is 42.5 Å². The minimum atomic E-state index is -3.59. The molecule has 4 nitrogen and oxygen atoms in total. The van der Waals surface area contributed by atoms with E-state index >= 15 is 0 Å². The summed E-state index contributed by atoms with van der Waals surface area (Å²) in [5.74, 6) is 0.501. The molecule has 0 saturated heterocycles. The Morgan fingerprint density at radius 1 is 1.05 bits per heavy atom. The standard InChI is InChI=1S/C15H12BrNO3S/c1-20-15-14(16)13-11(17-15)8-5-9-12(13)21(18,19)10-6-3-2-4-7-10/h2-9,17H,1H3. The monoisotopic (exact) mass is 365 g/mol. The Labute approximate surface area is 130 Å². The van der Waals surface area contributed by atoms with Crippen LogP contribution in [0.2, 0.25) is 0 Å². The summed E-state index contributed by atoms with van der Waals surface area (Å²) in [4.78, 5) is 3.56. The molecule has 0 unspecified atom stereocenters. The van der Waals surface area contributed by atoms with Gasteiger partial charge in [0.1, 0.15) is 0 Å². The molecule has 0 atom stereocenters. The van der Waals surface area contributed by atoms with Gasteiger partial charge in [0.15, 0.2) is 0 Å². The summed E-state index contributed by atoms with van der Waals surface area (Å²) in [5, 5.41) is 0.596. The van der Waals surface area contributed by atoms with Crippen molar-refractivity contribution in [2.75, 3.05) is 7.11 Å². The Kier molecular flexibility index (Phi) is 3.51. The Morgan fingerprint density at radius 2 is 1.76 bits per heavy atom. The van der Waals surface area contributed by atoms with Crippen molar-refractivity contribution in [3.8, 4) is 5.88 Å². The smallest absolute Gasteiger partial charge is 0.207 e. The van der Waals surface area contributed by atoms with Crippen LogP contribution in [0, 0.1) is 0 Å². The highest BCUT2D eigenvalue weighted by molar-refractivity contribution is 9.10. The van der Waals surface area contributed by atoms with Gasteiger partial charge < -0.3 is 9.72 Å². The van der Waals surface area contributed by atoms with Crippen LogP contribution in [0.4, 0.5) is 0 Å². The molecule has 0 aliphatic heterocycles. The molecule has 108 valence electrons. The van der Waals surface area contributed by atoms with Crippen molar-refractivity contribution >= 4 is 36.7 Å². The number of fused-ring (bicyclic) bond motifs is 1. The van der Waals surface area contributed by atoms with Crippen molar-refractivity contribution in [2.45, 2.75) is 9.79 Å². The van der Waals surface area contributed by atoms with Gasteiger partial charge in [-0.2, -0.15) is 0 Å². The van der Waals surface area contributed by atoms with Gasteiger partial charge in [0.05, 0.1) is 26.9 Å². The largest absolute Gasteiger partial charge is 0.481 e. The second-order valence-corrected chi connectivity index (χ2v) is 7.18. The Morgan fingerprint density at radius 3 is 2.43 bits per heavy atom. The van der Waals surface area contributed by atoms with Crippen molar-refractivity contribution in [1.29, 1.82) is 0 Å². The Balaban J connectivity index is 2.33. The third kappa shape index (κ3) is 2.24. The summed E-state index contributed by atoms with van der Waals surface area (Å²) >= 11 is 3.41. The van der Waals surface area contributed by atoms with Gasteiger partial charge in [0.2, 0.25) is 15.7 Å². The van der Waals surface area contributed by atoms with Crippen LogP contribution in [-0.2, 0) is 9.84 Å². The highest BCUT2D eigenvalue weighted by Crippen LogP contribution is 2.38. The summed E-state index contributed by atoms with van der Waals surface area (Å²) in [6.45, 7) is 0. The quantitative estimate of drug-likeness (QED) is 0.768. The van der Waals surface area contributed by atoms with E-state index in [9.17, 15) is 8.42 Å². The summed E-state index contributed by atoms with van der Waals surface area (Å²) in [6.07, 6.45) is 0. The fraction of sp³-hybridized carbons (Fsp3) is 0.0667. The Bertz CT molecular complexity index is 901. The molecule has 0 amide bonds. The molecule has 0 radical (unpaired) electrons. The van der Waals surface area contributed by atoms with E-state index in [4.69, 9.17) is 4.74 Å². The van der Waals surface area contributed by atoms with E-state index in [1.807, 2.05) is 6.07 Å². The van der Waals surface area contributed by atoms with Crippen LogP contribution in [-0.4, -0.2) is 20.5 Å². The second-order valence-electron chi connectivity index (χ2n) is 4.47. The molecule has 3 rings (SSSR count). The topological polar surface area (TPSA) is 59.2 Å². The minimum absolute atomic E-state index is 0.248. The van der Waals surface area contributed by atoms with Crippen LogP contribution in [0.5, 0.6) is 5.88 Å². The summed E-state index contributed by atoms with van der Waals surface area (Å²) in [7, 11) is -2.06. The fourth-order valence-corrected chi connectivity index (χ4v) is 4.57. The third-order valence-corrected chi connectivity index (χ3v) is 5.81. The number of aromatic nitrogens is 1. The van der Waals surface area contributed by atoms with E-state index in [2.05, 4.69) is 20.9 Å². The second kappa shape index (κ2) is 5.20. The maximum absolute atomic E-state index is 12.8. The average Bonchev–Trinajstić information content (AvgIpc) is 2.84. The highest BCUT2D eigenvalue weighted by Gasteiger charge is 2.23. The van der Waals surface area contributed by atoms with Crippen LogP contribution < -0.4 is 4.74 Å². The first-order valence-electron chi connectivity index (χ1n) is 6.20. The SMILES string of the molecule is COc1[nH]c2cccc(S(=O)(=O)c3ccccc3)c2c1Br. The molecule has 0 spiro atoms. The molecule has 6 heteroatoms. The number of benzene rings is 2. The minimum Gasteiger partial charge on any atom is -0.481 e. The van der Waals surface area contributed by atoms with Gasteiger partial charge >= 0.3 is 0 Å². The van der Waals surface area contributed by atoms with Crippen molar-refractivity contribution in [1.82, 2.24) is 4.98 Å². The number of hydrogen-bond donors (Lipinski definition) is 1. The van der Waals surface area contributed by atoms with Crippen molar-refractivity contribution in [3.05, 3.63) is 53.0 Å². The fourth-order valence-electron chi connectivity index (χ4n) is 2.24. The lowest BCUT2D eigenvalue weighted by molar-refractivity contribution is 0.399. The molecule has 0 bridgehead atoms. The van der Waals surface area contributed by atoms with E-state index in [-0.39, 0.29) is 9.79 Å². The van der Waals surface area contributed by atoms with Gasteiger partial charge in [-0.25, -0.2) is 8.42 Å². The number of halogens is 1. The maximum Gasteiger partial charge on any atom is 0.207 e. The van der Waals surface area contributed by atoms with Gasteiger partial charge in [-0.05, 0) is 40.2 Å². The van der Waals surface area contributed by atoms with Gasteiger partial charge in [0.25, 0.3) is 0 Å². The third-order valence-electron chi connectivity index (χ3n) is 3.24. The lowest BCUT2D eigenvalue weighted by Crippen LogP contribution is -2.02. The molecular formula is C15H12BrNO3S. The predicted molar refractivity (Wildman–Crippen MR) is 84.4 cm³/mol. The zero-order valence-electron chi connectivity index (χ0n) is 11.1. The average molecular weight is 366 g/mol. The summed E-state index contributed by atoms with van der Waals surface area (Å²) in [6, 6.07) is 13.5. The number of aromatic amines is 1. The number of nitrogens with one attached hydrogen (secondary N) is 1. The maximum atomic E-state index is 12.8. The van der Waals surface area contributed by atoms with Crippen LogP contribution in [0.15, 0.2) is 62.8 Å². The first-order chi connectivity index (χ1) is 10.1. The summed E-state index contributed by atoms with van der Waals surface area (Å²) < 4.78 is 31.5. The van der Waals surface area contributed by atoms with E-state index < -0.39 is 9.84 Å². The zero-order valence-corrected chi connectivity index (χ0v) is 13.5. The molecule has 3 aromatic rings. The lowest BCUT2D eigenvalue weighted by atomic mass is 10.2. The Hall–Kier alpha value is -1.79. The molecule has 1 heterocycles. The molecule has 21 heavy (non-hydrogen) atoms. The molecule has 1 N–H and O–H groups in total. The van der Waals surface area contributed by atoms with Crippen molar-refractivity contribution in [2.24, 2.45) is 0 Å². The van der Waals surface area contributed by atoms with E-state index in [1.165, 1.54) is 7.11 Å². The van der Waals surface area contributed by atoms with Crippen molar-refractivity contribution < 1.29 is 13.2 Å². The number of rotatable bonds is 3. The van der Waals surface area contributed by atoms with Crippen LogP contribution in [0.3, 0.4) is 0 Å². The van der Waals surface area contributed by atoms with Gasteiger partial charge in [-0.3, -0.25) is 0 Å². The summed E-state index contributed by atoms with van der Waals surface area (Å²) in [5.41, 5.74) is 0.704. The van der Waals surface area contributed by atoms with Crippen molar-refractivity contribution in [3.63, 3.8) is 0 Å². The van der Waals surface area contributed by atoms with Crippen LogP contribution in [0.1, 0.15) is 0 Å². The molecular weight excluding hydrogens is 354 g/mol. The predicted octanol–water partition coefficient (Wildman–Crippen LogP) is 3.77. The van der Waals surface area contributed by atoms with E-state index in [0.29, 0.717) is 21.3 Å². The van der Waals surface area contributed by atoms with Crippen LogP contribution >= 0.6 is 15.9 Å². The number of methoxy groups -OCH3 is 1. The number of H-pyrrole nitrogens is 1. The number of ether oxygens (including phenoxy) is 1. The first kappa shape index (κ1) is 14.2. The first-order valence-corrected chi connectivity index (χ1v) is 8.47. The molecule has 0 aliphatic carbocycles. The van der Waals surface area contributed by atoms with Gasteiger partial charge in [-0.15, -0.1) is 0 Å². The number of hydrogen-bond acceptors (Lipinski definition) is 3. The highest BCUT2D eigenvalue weighted by atomic mass is 79.9. The number of sulfone groups is 1. The van der Waals surface area contributed by atoms with Gasteiger partial charge in [0, 0.05) is 5.39 Å². The molecule has 1 aromatic heterocycles. The van der Waals surface area contributed by atoms with Crippen LogP contribution in [0.25, 0.3) is 10.9 Å². The molecule has 0 aliphatic rings. The zero-order chi connectivity index (χ0) is 15.0. The molecule has 2 aromatic carbocycles. The molecule has 0 saturated carbocycles. The normalized spacial score (nSPS) is 11.7. The molecule has 0 fully saturated rings. The lowest BCUT2D eigenvalue weighted by Gasteiger charge is -2.06. The van der Waals surface area contributed by atoms with Gasteiger partial charge in [-0.1, -0.05) is 24.3 Å². The van der Waals surface area contributed by atoms with E-state index in [0.717, 1.165) is 0 Å².